The molecule has 2 heterocycles. The smallest absolute Gasteiger partial charge is 0.341 e. The van der Waals surface area contributed by atoms with E-state index >= 15 is 0 Å². The lowest BCUT2D eigenvalue weighted by Gasteiger charge is -2.10. The average Bonchev–Trinajstić information content (AvgIpc) is 3.52. The van der Waals surface area contributed by atoms with Crippen LogP contribution in [0.25, 0.3) is 11.1 Å². The highest BCUT2D eigenvalue weighted by atomic mass is 35.5. The summed E-state index contributed by atoms with van der Waals surface area (Å²) < 4.78 is 12.7. The fourth-order valence-electron chi connectivity index (χ4n) is 3.58. The second-order valence-electron chi connectivity index (χ2n) is 8.05. The molecular formula is C27H25ClN4O4S2. The van der Waals surface area contributed by atoms with Crippen molar-refractivity contribution in [2.75, 3.05) is 18.2 Å². The molecule has 8 nitrogen and oxygen atoms in total. The number of rotatable bonds is 11. The molecule has 0 atom stereocenters. The third kappa shape index (κ3) is 6.45. The average molecular weight is 569 g/mol. The number of aryl methyl sites for hydroxylation is 1. The van der Waals surface area contributed by atoms with Gasteiger partial charge in [0, 0.05) is 22.5 Å². The summed E-state index contributed by atoms with van der Waals surface area (Å²) in [7, 11) is 1.32. The summed E-state index contributed by atoms with van der Waals surface area (Å²) in [6, 6.07) is 14.9. The fraction of sp³-hybridized carbons (Fsp3) is 0.185. The van der Waals surface area contributed by atoms with Gasteiger partial charge in [0.2, 0.25) is 5.91 Å². The Labute approximate surface area is 233 Å². The zero-order chi connectivity index (χ0) is 27.1. The van der Waals surface area contributed by atoms with E-state index in [4.69, 9.17) is 21.1 Å². The molecule has 0 aliphatic carbocycles. The normalized spacial score (nSPS) is 10.7. The Balaban J connectivity index is 1.44. The first-order valence-electron chi connectivity index (χ1n) is 11.5. The number of hydrogen-bond acceptors (Lipinski definition) is 8. The molecule has 0 saturated heterocycles. The van der Waals surface area contributed by atoms with Crippen molar-refractivity contribution in [2.45, 2.75) is 25.2 Å². The molecule has 2 aromatic heterocycles. The highest BCUT2D eigenvalue weighted by molar-refractivity contribution is 7.99. The second-order valence-corrected chi connectivity index (χ2v) is 10.3. The lowest BCUT2D eigenvalue weighted by atomic mass is 10.0. The van der Waals surface area contributed by atoms with E-state index in [1.54, 1.807) is 18.2 Å². The van der Waals surface area contributed by atoms with E-state index < -0.39 is 5.97 Å². The van der Waals surface area contributed by atoms with Crippen LogP contribution in [-0.2, 0) is 22.7 Å². The molecular weight excluding hydrogens is 544 g/mol. The van der Waals surface area contributed by atoms with Crippen LogP contribution in [0.3, 0.4) is 0 Å². The van der Waals surface area contributed by atoms with Gasteiger partial charge in [-0.15, -0.1) is 28.1 Å². The number of anilines is 1. The molecule has 0 aliphatic heterocycles. The quantitative estimate of drug-likeness (QED) is 0.130. The number of methoxy groups -OCH3 is 1. The number of carbonyl (C=O) groups is 2. The Morgan fingerprint density at radius 3 is 2.71 bits per heavy atom. The van der Waals surface area contributed by atoms with Crippen LogP contribution in [0.2, 0.25) is 5.02 Å². The molecule has 2 aromatic carbocycles. The van der Waals surface area contributed by atoms with E-state index in [-0.39, 0.29) is 18.3 Å². The van der Waals surface area contributed by atoms with Gasteiger partial charge in [0.25, 0.3) is 0 Å². The SMILES string of the molecule is C=CCn1c(COc2ccc(Cl)c(C)c2)nnc1SCC(=O)Nc1scc(-c2ccccc2)c1C(=O)OC. The molecule has 38 heavy (non-hydrogen) atoms. The fourth-order valence-corrected chi connectivity index (χ4v) is 5.44. The van der Waals surface area contributed by atoms with Crippen LogP contribution in [0, 0.1) is 6.92 Å². The number of ether oxygens (including phenoxy) is 2. The first-order chi connectivity index (χ1) is 18.4. The molecule has 0 spiro atoms. The largest absolute Gasteiger partial charge is 0.486 e. The van der Waals surface area contributed by atoms with Gasteiger partial charge in [0.05, 0.1) is 12.9 Å². The lowest BCUT2D eigenvalue weighted by Crippen LogP contribution is -2.16. The van der Waals surface area contributed by atoms with Crippen molar-refractivity contribution in [3.05, 3.63) is 88.5 Å². The number of amides is 1. The number of allylic oxidation sites excluding steroid dienone is 1. The number of halogens is 1. The second kappa shape index (κ2) is 12.8. The number of nitrogens with one attached hydrogen (secondary N) is 1. The highest BCUT2D eigenvalue weighted by Crippen LogP contribution is 2.36. The molecule has 4 rings (SSSR count). The highest BCUT2D eigenvalue weighted by Gasteiger charge is 2.23. The summed E-state index contributed by atoms with van der Waals surface area (Å²) >= 11 is 8.59. The van der Waals surface area contributed by atoms with Gasteiger partial charge in [-0.25, -0.2) is 4.79 Å². The summed E-state index contributed by atoms with van der Waals surface area (Å²) in [5, 5.41) is 14.8. The number of thiophene rings is 1. The first kappa shape index (κ1) is 27.4. The summed E-state index contributed by atoms with van der Waals surface area (Å²) in [5.74, 6) is 0.523. The Kier molecular flexibility index (Phi) is 9.22. The van der Waals surface area contributed by atoms with Crippen LogP contribution in [0.4, 0.5) is 5.00 Å². The number of nitrogens with zero attached hydrogens (tertiary/aromatic N) is 3. The molecule has 196 valence electrons. The zero-order valence-electron chi connectivity index (χ0n) is 20.8. The number of esters is 1. The van der Waals surface area contributed by atoms with Crippen LogP contribution in [0.5, 0.6) is 5.75 Å². The Morgan fingerprint density at radius 1 is 1.21 bits per heavy atom. The minimum Gasteiger partial charge on any atom is -0.486 e. The van der Waals surface area contributed by atoms with E-state index in [2.05, 4.69) is 22.1 Å². The van der Waals surface area contributed by atoms with Crippen molar-refractivity contribution >= 4 is 51.6 Å². The number of thioether (sulfide) groups is 1. The van der Waals surface area contributed by atoms with E-state index in [9.17, 15) is 9.59 Å². The molecule has 1 amide bonds. The Hall–Kier alpha value is -3.60. The molecule has 0 aliphatic rings. The van der Waals surface area contributed by atoms with E-state index in [1.165, 1.54) is 30.2 Å². The standard InChI is InChI=1S/C27H25ClN4O4S2/c1-4-12-32-22(14-36-19-10-11-21(28)17(2)13-19)30-31-27(32)38-16-23(33)29-25-24(26(34)35-3)20(15-37-25)18-8-6-5-7-9-18/h4-11,13,15H,1,12,14,16H2,2-3H3,(H,29,33). The van der Waals surface area contributed by atoms with E-state index in [0.29, 0.717) is 44.4 Å². The Bertz CT molecular complexity index is 1450. The van der Waals surface area contributed by atoms with Crippen LogP contribution >= 0.6 is 34.7 Å². The topological polar surface area (TPSA) is 95.3 Å². The zero-order valence-corrected chi connectivity index (χ0v) is 23.2. The van der Waals surface area contributed by atoms with E-state index in [1.807, 2.05) is 53.3 Å². The minimum atomic E-state index is -0.515. The third-order valence-electron chi connectivity index (χ3n) is 5.45. The van der Waals surface area contributed by atoms with Crippen molar-refractivity contribution in [3.63, 3.8) is 0 Å². The lowest BCUT2D eigenvalue weighted by molar-refractivity contribution is -0.113. The van der Waals surface area contributed by atoms with Gasteiger partial charge >= 0.3 is 5.97 Å². The van der Waals surface area contributed by atoms with Crippen LogP contribution in [-0.4, -0.2) is 39.5 Å². The monoisotopic (exact) mass is 568 g/mol. The van der Waals surface area contributed by atoms with Crippen molar-refractivity contribution < 1.29 is 19.1 Å². The number of hydrogen-bond donors (Lipinski definition) is 1. The maximum atomic E-state index is 12.9. The molecule has 0 saturated carbocycles. The minimum absolute atomic E-state index is 0.0612. The number of benzene rings is 2. The van der Waals surface area contributed by atoms with Gasteiger partial charge in [0.15, 0.2) is 11.0 Å². The summed E-state index contributed by atoms with van der Waals surface area (Å²) in [6.07, 6.45) is 1.73. The van der Waals surface area contributed by atoms with Crippen molar-refractivity contribution in [1.29, 1.82) is 0 Å². The van der Waals surface area contributed by atoms with Gasteiger partial charge in [-0.1, -0.05) is 59.8 Å². The van der Waals surface area contributed by atoms with Gasteiger partial charge in [-0.3, -0.25) is 9.36 Å². The number of carbonyl (C=O) groups excluding carboxylic acids is 2. The molecule has 0 unspecified atom stereocenters. The molecule has 0 radical (unpaired) electrons. The Morgan fingerprint density at radius 2 is 2.00 bits per heavy atom. The molecule has 4 aromatic rings. The van der Waals surface area contributed by atoms with Gasteiger partial charge in [-0.2, -0.15) is 0 Å². The van der Waals surface area contributed by atoms with Gasteiger partial charge in [0.1, 0.15) is 22.9 Å². The summed E-state index contributed by atoms with van der Waals surface area (Å²) in [5.41, 5.74) is 2.81. The summed E-state index contributed by atoms with van der Waals surface area (Å²) in [6.45, 7) is 6.35. The van der Waals surface area contributed by atoms with Gasteiger partial charge in [-0.05, 0) is 36.2 Å². The first-order valence-corrected chi connectivity index (χ1v) is 13.7. The molecule has 11 heteroatoms. The maximum Gasteiger partial charge on any atom is 0.341 e. The summed E-state index contributed by atoms with van der Waals surface area (Å²) in [4.78, 5) is 25.4. The predicted octanol–water partition coefficient (Wildman–Crippen LogP) is 6.25. The van der Waals surface area contributed by atoms with Crippen molar-refractivity contribution in [3.8, 4) is 16.9 Å². The van der Waals surface area contributed by atoms with E-state index in [0.717, 1.165) is 11.1 Å². The number of aromatic nitrogens is 3. The third-order valence-corrected chi connectivity index (χ3v) is 7.74. The maximum absolute atomic E-state index is 12.9. The van der Waals surface area contributed by atoms with Crippen LogP contribution in [0.1, 0.15) is 21.7 Å². The van der Waals surface area contributed by atoms with Crippen LogP contribution < -0.4 is 10.1 Å². The van der Waals surface area contributed by atoms with Crippen LogP contribution in [0.15, 0.2) is 71.7 Å². The molecule has 0 fully saturated rings. The van der Waals surface area contributed by atoms with Gasteiger partial charge < -0.3 is 14.8 Å². The van der Waals surface area contributed by atoms with Crippen molar-refractivity contribution in [2.24, 2.45) is 0 Å². The molecule has 1 N–H and O–H groups in total. The predicted molar refractivity (Wildman–Crippen MR) is 151 cm³/mol. The molecule has 0 bridgehead atoms. The van der Waals surface area contributed by atoms with Crippen molar-refractivity contribution in [1.82, 2.24) is 14.8 Å².